The molecule has 2 aliphatic rings. The average molecular weight is 156 g/mol. The lowest BCUT2D eigenvalue weighted by Gasteiger charge is -2.04. The molecule has 0 spiro atoms. The van der Waals surface area contributed by atoms with Crippen molar-refractivity contribution in [1.82, 2.24) is 0 Å². The van der Waals surface area contributed by atoms with Crippen LogP contribution in [0.1, 0.15) is 33.1 Å². The summed E-state index contributed by atoms with van der Waals surface area (Å²) in [5.74, 6) is 1.49. The second-order valence-electron chi connectivity index (χ2n) is 3.83. The predicted molar refractivity (Wildman–Crippen MR) is 43.3 cm³/mol. The van der Waals surface area contributed by atoms with Crippen LogP contribution in [0, 0.1) is 17.8 Å². The third-order valence-electron chi connectivity index (χ3n) is 2.47. The fourth-order valence-electron chi connectivity index (χ4n) is 1.18. The Morgan fingerprint density at radius 2 is 1.73 bits per heavy atom. The first-order valence-electron chi connectivity index (χ1n) is 4.34. The predicted octanol–water partition coefficient (Wildman–Crippen LogP) is 2.14. The van der Waals surface area contributed by atoms with Gasteiger partial charge in [0.1, 0.15) is 0 Å². The molecule has 0 saturated heterocycles. The van der Waals surface area contributed by atoms with E-state index in [9.17, 15) is 4.79 Å². The van der Waals surface area contributed by atoms with Crippen LogP contribution in [0.25, 0.3) is 0 Å². The molecule has 64 valence electrons. The highest BCUT2D eigenvalue weighted by atomic mass is 16.4. The molecular weight excluding hydrogens is 140 g/mol. The molecule has 2 fully saturated rings. The van der Waals surface area contributed by atoms with Gasteiger partial charge in [-0.25, -0.2) is 0 Å². The van der Waals surface area contributed by atoms with Gasteiger partial charge >= 0.3 is 5.97 Å². The van der Waals surface area contributed by atoms with Crippen molar-refractivity contribution >= 4 is 5.97 Å². The van der Waals surface area contributed by atoms with Gasteiger partial charge in [-0.2, -0.15) is 0 Å². The van der Waals surface area contributed by atoms with E-state index in [2.05, 4.69) is 0 Å². The number of carboxylic acid groups (broad SMARTS) is 1. The molecule has 1 N–H and O–H groups in total. The zero-order chi connectivity index (χ0) is 8.43. The number of hydrogen-bond acceptors (Lipinski definition) is 1. The Morgan fingerprint density at radius 1 is 1.36 bits per heavy atom. The Labute approximate surface area is 67.6 Å². The number of carboxylic acids is 1. The number of hydrogen-bond donors (Lipinski definition) is 1. The second-order valence-corrected chi connectivity index (χ2v) is 3.83. The van der Waals surface area contributed by atoms with Crippen LogP contribution in [0.4, 0.5) is 0 Å². The van der Waals surface area contributed by atoms with E-state index >= 15 is 0 Å². The molecule has 2 nitrogen and oxygen atoms in total. The quantitative estimate of drug-likeness (QED) is 0.631. The smallest absolute Gasteiger partial charge is 0.305 e. The van der Waals surface area contributed by atoms with Crippen LogP contribution in [0.2, 0.25) is 0 Å². The monoisotopic (exact) mass is 156 g/mol. The van der Waals surface area contributed by atoms with Gasteiger partial charge in [-0.1, -0.05) is 13.8 Å². The molecule has 0 aromatic rings. The van der Waals surface area contributed by atoms with Gasteiger partial charge in [0.25, 0.3) is 0 Å². The van der Waals surface area contributed by atoms with Gasteiger partial charge in [-0.05, 0) is 31.1 Å². The van der Waals surface area contributed by atoms with E-state index < -0.39 is 5.97 Å². The normalized spacial score (nSPS) is 31.2. The van der Waals surface area contributed by atoms with Crippen LogP contribution < -0.4 is 0 Å². The molecule has 0 aromatic carbocycles. The van der Waals surface area contributed by atoms with Gasteiger partial charge in [0.05, 0.1) is 5.92 Å². The van der Waals surface area contributed by atoms with Gasteiger partial charge in [0.2, 0.25) is 0 Å². The SMILES string of the molecule is C1CC2CC12.CC(C)C(=O)O. The zero-order valence-corrected chi connectivity index (χ0v) is 7.21. The molecule has 2 unspecified atom stereocenters. The van der Waals surface area contributed by atoms with Gasteiger partial charge < -0.3 is 5.11 Å². The zero-order valence-electron chi connectivity index (χ0n) is 7.21. The summed E-state index contributed by atoms with van der Waals surface area (Å²) in [5, 5.41) is 7.99. The first-order valence-corrected chi connectivity index (χ1v) is 4.34. The number of rotatable bonds is 1. The Balaban J connectivity index is 0.000000110. The van der Waals surface area contributed by atoms with Crippen molar-refractivity contribution < 1.29 is 9.90 Å². The largest absolute Gasteiger partial charge is 0.481 e. The molecule has 0 amide bonds. The molecule has 0 heterocycles. The van der Waals surface area contributed by atoms with Crippen molar-refractivity contribution in [1.29, 1.82) is 0 Å². The fourth-order valence-corrected chi connectivity index (χ4v) is 1.18. The minimum Gasteiger partial charge on any atom is -0.481 e. The summed E-state index contributed by atoms with van der Waals surface area (Å²) < 4.78 is 0. The second kappa shape index (κ2) is 3.24. The summed E-state index contributed by atoms with van der Waals surface area (Å²) in [6.07, 6.45) is 4.70. The lowest BCUT2D eigenvalue weighted by molar-refractivity contribution is -0.140. The van der Waals surface area contributed by atoms with Crippen molar-refractivity contribution in [3.63, 3.8) is 0 Å². The van der Waals surface area contributed by atoms with Crippen molar-refractivity contribution in [2.24, 2.45) is 17.8 Å². The molecule has 0 aromatic heterocycles. The third-order valence-corrected chi connectivity index (χ3v) is 2.47. The number of carbonyl (C=O) groups is 1. The van der Waals surface area contributed by atoms with E-state index in [1.807, 2.05) is 0 Å². The maximum atomic E-state index is 9.70. The van der Waals surface area contributed by atoms with Crippen molar-refractivity contribution in [2.75, 3.05) is 0 Å². The lowest BCUT2D eigenvalue weighted by atomic mass is 10.0. The average Bonchev–Trinajstić information content (AvgIpc) is 2.40. The van der Waals surface area contributed by atoms with E-state index in [1.54, 1.807) is 33.1 Å². The molecule has 2 rings (SSSR count). The maximum absolute atomic E-state index is 9.70. The molecule has 2 aliphatic carbocycles. The fraction of sp³-hybridized carbons (Fsp3) is 0.889. The van der Waals surface area contributed by atoms with E-state index in [4.69, 9.17) is 5.11 Å². The van der Waals surface area contributed by atoms with Crippen LogP contribution in [0.3, 0.4) is 0 Å². The summed E-state index contributed by atoms with van der Waals surface area (Å²) >= 11 is 0. The summed E-state index contributed by atoms with van der Waals surface area (Å²) in [5.41, 5.74) is 0. The highest BCUT2D eigenvalue weighted by molar-refractivity contribution is 5.68. The topological polar surface area (TPSA) is 37.3 Å². The number of fused-ring (bicyclic) bond motifs is 1. The summed E-state index contributed by atoms with van der Waals surface area (Å²) in [7, 11) is 0. The van der Waals surface area contributed by atoms with E-state index in [0.29, 0.717) is 0 Å². The molecular formula is C9H16O2. The van der Waals surface area contributed by atoms with Crippen LogP contribution in [0.5, 0.6) is 0 Å². The highest BCUT2D eigenvalue weighted by Crippen LogP contribution is 2.55. The van der Waals surface area contributed by atoms with Gasteiger partial charge in [-0.3, -0.25) is 4.79 Å². The van der Waals surface area contributed by atoms with Crippen LogP contribution >= 0.6 is 0 Å². The molecule has 11 heavy (non-hydrogen) atoms. The van der Waals surface area contributed by atoms with Crippen molar-refractivity contribution in [3.05, 3.63) is 0 Å². The summed E-state index contributed by atoms with van der Waals surface area (Å²) in [6, 6.07) is 0. The Bertz CT molecular complexity index is 140. The molecule has 2 saturated carbocycles. The van der Waals surface area contributed by atoms with E-state index in [1.165, 1.54) is 11.8 Å². The van der Waals surface area contributed by atoms with Crippen molar-refractivity contribution in [3.8, 4) is 0 Å². The lowest BCUT2D eigenvalue weighted by Crippen LogP contribution is -2.03. The standard InChI is InChI=1S/C5H8.C4H8O2/c1-2-5-3-4(1)5;1-3(2)4(5)6/h4-5H,1-3H2;3H,1-2H3,(H,5,6). The molecule has 0 aliphatic heterocycles. The van der Waals surface area contributed by atoms with Gasteiger partial charge in [0.15, 0.2) is 0 Å². The minimum absolute atomic E-state index is 0.231. The molecule has 2 atom stereocenters. The number of aliphatic carboxylic acids is 1. The minimum atomic E-state index is -0.741. The first-order chi connectivity index (χ1) is 5.11. The molecule has 0 bridgehead atoms. The maximum Gasteiger partial charge on any atom is 0.305 e. The van der Waals surface area contributed by atoms with E-state index in [0.717, 1.165) is 0 Å². The van der Waals surface area contributed by atoms with Crippen LogP contribution in [-0.4, -0.2) is 11.1 Å². The van der Waals surface area contributed by atoms with Crippen LogP contribution in [-0.2, 0) is 4.79 Å². The highest BCUT2D eigenvalue weighted by Gasteiger charge is 2.44. The van der Waals surface area contributed by atoms with Gasteiger partial charge in [0, 0.05) is 0 Å². The summed E-state index contributed by atoms with van der Waals surface area (Å²) in [4.78, 5) is 9.70. The van der Waals surface area contributed by atoms with E-state index in [-0.39, 0.29) is 5.92 Å². The first kappa shape index (κ1) is 8.57. The third kappa shape index (κ3) is 2.52. The summed E-state index contributed by atoms with van der Waals surface area (Å²) in [6.45, 7) is 3.28. The Hall–Kier alpha value is -0.530. The van der Waals surface area contributed by atoms with Gasteiger partial charge in [-0.15, -0.1) is 0 Å². The Morgan fingerprint density at radius 3 is 1.73 bits per heavy atom. The molecule has 0 radical (unpaired) electrons. The molecule has 2 heteroatoms. The van der Waals surface area contributed by atoms with Crippen molar-refractivity contribution in [2.45, 2.75) is 33.1 Å². The Kier molecular flexibility index (Phi) is 2.53. The van der Waals surface area contributed by atoms with Crippen LogP contribution in [0.15, 0.2) is 0 Å².